The summed E-state index contributed by atoms with van der Waals surface area (Å²) in [5.41, 5.74) is 6.52. The molecule has 6 nitrogen and oxygen atoms in total. The topological polar surface area (TPSA) is 71.5 Å². The highest BCUT2D eigenvalue weighted by molar-refractivity contribution is 5.02. The van der Waals surface area contributed by atoms with Gasteiger partial charge in [-0.2, -0.15) is 5.10 Å². The zero-order valence-electron chi connectivity index (χ0n) is 10.3. The second-order valence-corrected chi connectivity index (χ2v) is 3.53. The Balaban J connectivity index is 1.93. The van der Waals surface area contributed by atoms with E-state index in [9.17, 15) is 0 Å². The van der Waals surface area contributed by atoms with E-state index in [1.807, 2.05) is 10.9 Å². The third kappa shape index (κ3) is 6.38. The van der Waals surface area contributed by atoms with E-state index >= 15 is 0 Å². The van der Waals surface area contributed by atoms with E-state index in [0.29, 0.717) is 39.6 Å². The molecule has 0 fully saturated rings. The van der Waals surface area contributed by atoms with Gasteiger partial charge in [-0.05, 0) is 0 Å². The predicted molar refractivity (Wildman–Crippen MR) is 63.6 cm³/mol. The molecule has 0 aromatic carbocycles. The smallest absolute Gasteiger partial charge is 0.0701 e. The fourth-order valence-corrected chi connectivity index (χ4v) is 1.26. The van der Waals surface area contributed by atoms with Crippen molar-refractivity contribution in [3.05, 3.63) is 18.0 Å². The van der Waals surface area contributed by atoms with Gasteiger partial charge in [-0.3, -0.25) is 4.68 Å². The van der Waals surface area contributed by atoms with Crippen LogP contribution in [-0.2, 0) is 27.3 Å². The number of aromatic nitrogens is 2. The molecule has 1 heterocycles. The fourth-order valence-electron chi connectivity index (χ4n) is 1.26. The molecule has 1 rings (SSSR count). The lowest BCUT2D eigenvalue weighted by Gasteiger charge is -2.05. The summed E-state index contributed by atoms with van der Waals surface area (Å²) < 4.78 is 17.3. The molecule has 0 unspecified atom stereocenters. The van der Waals surface area contributed by atoms with Crippen LogP contribution in [0.1, 0.15) is 5.56 Å². The van der Waals surface area contributed by atoms with Crippen molar-refractivity contribution < 1.29 is 14.2 Å². The number of nitrogens with two attached hydrogens (primary N) is 1. The zero-order valence-corrected chi connectivity index (χ0v) is 10.3. The molecular weight excluding hydrogens is 222 g/mol. The maximum atomic E-state index is 5.49. The van der Waals surface area contributed by atoms with E-state index in [4.69, 9.17) is 19.9 Å². The quantitative estimate of drug-likeness (QED) is 0.587. The average molecular weight is 243 g/mol. The summed E-state index contributed by atoms with van der Waals surface area (Å²) in [5, 5.41) is 4.15. The molecule has 2 N–H and O–H groups in total. The largest absolute Gasteiger partial charge is 0.382 e. The Morgan fingerprint density at radius 3 is 2.53 bits per heavy atom. The minimum absolute atomic E-state index is 0.522. The van der Waals surface area contributed by atoms with Crippen molar-refractivity contribution in [2.24, 2.45) is 5.73 Å². The minimum Gasteiger partial charge on any atom is -0.382 e. The molecule has 1 aromatic rings. The minimum atomic E-state index is 0.522. The summed E-state index contributed by atoms with van der Waals surface area (Å²) >= 11 is 0. The first-order valence-electron chi connectivity index (χ1n) is 5.72. The van der Waals surface area contributed by atoms with Crippen molar-refractivity contribution in [3.63, 3.8) is 0 Å². The Labute approximate surface area is 102 Å². The van der Waals surface area contributed by atoms with Crippen LogP contribution in [0, 0.1) is 0 Å². The molecule has 6 heteroatoms. The van der Waals surface area contributed by atoms with Gasteiger partial charge in [0, 0.05) is 25.4 Å². The lowest BCUT2D eigenvalue weighted by Crippen LogP contribution is -2.12. The molecule has 1 aromatic heterocycles. The lowest BCUT2D eigenvalue weighted by atomic mass is 10.4. The Kier molecular flexibility index (Phi) is 7.57. The van der Waals surface area contributed by atoms with Crippen LogP contribution >= 0.6 is 0 Å². The number of methoxy groups -OCH3 is 1. The molecule has 0 atom stereocenters. The van der Waals surface area contributed by atoms with Crippen molar-refractivity contribution in [1.82, 2.24) is 9.78 Å². The lowest BCUT2D eigenvalue weighted by molar-refractivity contribution is 0.0225. The van der Waals surface area contributed by atoms with Crippen molar-refractivity contribution >= 4 is 0 Å². The van der Waals surface area contributed by atoms with Gasteiger partial charge in [0.15, 0.2) is 0 Å². The van der Waals surface area contributed by atoms with E-state index in [1.54, 1.807) is 13.3 Å². The maximum Gasteiger partial charge on any atom is 0.0701 e. The van der Waals surface area contributed by atoms with Gasteiger partial charge in [-0.25, -0.2) is 0 Å². The molecule has 0 aliphatic carbocycles. The van der Waals surface area contributed by atoms with E-state index in [2.05, 4.69) is 5.10 Å². The molecule has 0 aliphatic heterocycles. The van der Waals surface area contributed by atoms with Gasteiger partial charge in [-0.15, -0.1) is 0 Å². The van der Waals surface area contributed by atoms with Gasteiger partial charge >= 0.3 is 0 Å². The van der Waals surface area contributed by atoms with Gasteiger partial charge in [0.25, 0.3) is 0 Å². The SMILES string of the molecule is COCCOCCOCCn1cc(CN)cn1. The van der Waals surface area contributed by atoms with Crippen LogP contribution in [0.4, 0.5) is 0 Å². The first kappa shape index (κ1) is 14.1. The van der Waals surface area contributed by atoms with E-state index in [0.717, 1.165) is 12.1 Å². The molecule has 0 amide bonds. The van der Waals surface area contributed by atoms with Crippen LogP contribution in [0.25, 0.3) is 0 Å². The number of nitrogens with zero attached hydrogens (tertiary/aromatic N) is 2. The van der Waals surface area contributed by atoms with Crippen LogP contribution in [0.3, 0.4) is 0 Å². The van der Waals surface area contributed by atoms with Gasteiger partial charge < -0.3 is 19.9 Å². The van der Waals surface area contributed by atoms with Crippen LogP contribution in [-0.4, -0.2) is 49.9 Å². The fraction of sp³-hybridized carbons (Fsp3) is 0.727. The second kappa shape index (κ2) is 9.12. The van der Waals surface area contributed by atoms with Crippen molar-refractivity contribution in [2.45, 2.75) is 13.1 Å². The summed E-state index contributed by atoms with van der Waals surface area (Å²) in [6.45, 7) is 4.30. The molecule has 0 saturated heterocycles. The highest BCUT2D eigenvalue weighted by Gasteiger charge is 1.96. The maximum absolute atomic E-state index is 5.49. The van der Waals surface area contributed by atoms with Crippen LogP contribution < -0.4 is 5.73 Å². The molecule has 98 valence electrons. The van der Waals surface area contributed by atoms with Crippen molar-refractivity contribution in [1.29, 1.82) is 0 Å². The molecule has 0 radical (unpaired) electrons. The average Bonchev–Trinajstić information content (AvgIpc) is 2.80. The van der Waals surface area contributed by atoms with Crippen LogP contribution in [0.15, 0.2) is 12.4 Å². The third-order valence-electron chi connectivity index (χ3n) is 2.19. The zero-order chi connectivity index (χ0) is 12.3. The number of hydrogen-bond donors (Lipinski definition) is 1. The molecule has 0 saturated carbocycles. The van der Waals surface area contributed by atoms with E-state index in [-0.39, 0.29) is 0 Å². The number of hydrogen-bond acceptors (Lipinski definition) is 5. The van der Waals surface area contributed by atoms with E-state index in [1.165, 1.54) is 0 Å². The summed E-state index contributed by atoms with van der Waals surface area (Å²) in [6, 6.07) is 0. The van der Waals surface area contributed by atoms with Gasteiger partial charge in [0.1, 0.15) is 0 Å². The molecule has 0 spiro atoms. The summed E-state index contributed by atoms with van der Waals surface area (Å²) in [4.78, 5) is 0. The summed E-state index contributed by atoms with van der Waals surface area (Å²) in [7, 11) is 1.65. The molecule has 0 aliphatic rings. The third-order valence-corrected chi connectivity index (χ3v) is 2.19. The Morgan fingerprint density at radius 2 is 1.88 bits per heavy atom. The van der Waals surface area contributed by atoms with Gasteiger partial charge in [-0.1, -0.05) is 0 Å². The summed E-state index contributed by atoms with van der Waals surface area (Å²) in [5.74, 6) is 0. The Morgan fingerprint density at radius 1 is 1.18 bits per heavy atom. The molecule has 0 bridgehead atoms. The highest BCUT2D eigenvalue weighted by Crippen LogP contribution is 1.95. The Hall–Kier alpha value is -0.950. The Bertz CT molecular complexity index is 291. The first-order chi connectivity index (χ1) is 8.36. The number of ether oxygens (including phenoxy) is 3. The normalized spacial score (nSPS) is 10.9. The van der Waals surface area contributed by atoms with Gasteiger partial charge in [0.05, 0.1) is 45.8 Å². The van der Waals surface area contributed by atoms with Crippen molar-refractivity contribution in [3.8, 4) is 0 Å². The second-order valence-electron chi connectivity index (χ2n) is 3.53. The highest BCUT2D eigenvalue weighted by atomic mass is 16.5. The predicted octanol–water partition coefficient (Wildman–Crippen LogP) is 0.0214. The van der Waals surface area contributed by atoms with Crippen LogP contribution in [0.2, 0.25) is 0 Å². The van der Waals surface area contributed by atoms with Crippen LogP contribution in [0.5, 0.6) is 0 Å². The first-order valence-corrected chi connectivity index (χ1v) is 5.72. The monoisotopic (exact) mass is 243 g/mol. The standard InChI is InChI=1S/C11H21N3O3/c1-15-4-5-17-7-6-16-3-2-14-10-11(8-12)9-13-14/h9-10H,2-8,12H2,1H3. The molecular formula is C11H21N3O3. The summed E-state index contributed by atoms with van der Waals surface area (Å²) in [6.07, 6.45) is 3.70. The van der Waals surface area contributed by atoms with Gasteiger partial charge in [0.2, 0.25) is 0 Å². The van der Waals surface area contributed by atoms with Crippen molar-refractivity contribution in [2.75, 3.05) is 40.1 Å². The van der Waals surface area contributed by atoms with E-state index < -0.39 is 0 Å². The number of rotatable bonds is 10. The molecule has 17 heavy (non-hydrogen) atoms.